The highest BCUT2D eigenvalue weighted by molar-refractivity contribution is 7.89. The number of anilines is 1. The van der Waals surface area contributed by atoms with Gasteiger partial charge in [-0.1, -0.05) is 0 Å². The molecule has 1 aliphatic carbocycles. The van der Waals surface area contributed by atoms with Crippen molar-refractivity contribution in [3.63, 3.8) is 0 Å². The summed E-state index contributed by atoms with van der Waals surface area (Å²) in [6, 6.07) is 3.65. The van der Waals surface area contributed by atoms with E-state index in [1.54, 1.807) is 11.3 Å². The summed E-state index contributed by atoms with van der Waals surface area (Å²) >= 11 is 1.58. The van der Waals surface area contributed by atoms with Gasteiger partial charge in [-0.2, -0.15) is 4.31 Å². The molecule has 9 heteroatoms. The van der Waals surface area contributed by atoms with E-state index >= 15 is 0 Å². The number of halogens is 1. The number of fused-ring (bicyclic) bond motifs is 1. The SMILES string of the molecule is O=C(Nc1ccc(F)c(S(=O)(=O)N2CCOCC2)c1)c1csc2c1CCCC2. The van der Waals surface area contributed by atoms with Crippen molar-refractivity contribution in [1.82, 2.24) is 4.31 Å². The monoisotopic (exact) mass is 424 g/mol. The molecule has 1 aromatic heterocycles. The average molecular weight is 425 g/mol. The van der Waals surface area contributed by atoms with Gasteiger partial charge in [0.15, 0.2) is 0 Å². The van der Waals surface area contributed by atoms with Crippen molar-refractivity contribution in [2.45, 2.75) is 30.6 Å². The lowest BCUT2D eigenvalue weighted by Gasteiger charge is -2.26. The molecular weight excluding hydrogens is 403 g/mol. The molecule has 1 amide bonds. The first-order valence-corrected chi connectivity index (χ1v) is 11.6. The van der Waals surface area contributed by atoms with Gasteiger partial charge in [0.05, 0.1) is 18.8 Å². The normalized spacial score (nSPS) is 17.9. The van der Waals surface area contributed by atoms with Gasteiger partial charge < -0.3 is 10.1 Å². The van der Waals surface area contributed by atoms with E-state index in [0.29, 0.717) is 5.56 Å². The van der Waals surface area contributed by atoms with Gasteiger partial charge in [-0.15, -0.1) is 11.3 Å². The Morgan fingerprint density at radius 3 is 2.71 bits per heavy atom. The molecule has 1 aliphatic heterocycles. The van der Waals surface area contributed by atoms with Gasteiger partial charge in [0.25, 0.3) is 5.91 Å². The first-order chi connectivity index (χ1) is 13.5. The molecule has 0 unspecified atom stereocenters. The second-order valence-corrected chi connectivity index (χ2v) is 9.74. The number of rotatable bonds is 4. The first-order valence-electron chi connectivity index (χ1n) is 9.25. The Bertz CT molecular complexity index is 997. The highest BCUT2D eigenvalue weighted by Gasteiger charge is 2.29. The highest BCUT2D eigenvalue weighted by atomic mass is 32.2. The maximum Gasteiger partial charge on any atom is 0.256 e. The van der Waals surface area contributed by atoms with Crippen LogP contribution in [0.2, 0.25) is 0 Å². The van der Waals surface area contributed by atoms with Crippen molar-refractivity contribution in [2.24, 2.45) is 0 Å². The summed E-state index contributed by atoms with van der Waals surface area (Å²) in [5.41, 5.74) is 1.97. The summed E-state index contributed by atoms with van der Waals surface area (Å²) in [7, 11) is -3.99. The number of sulfonamides is 1. The molecular formula is C19H21FN2O4S2. The predicted octanol–water partition coefficient (Wildman–Crippen LogP) is 3.04. The summed E-state index contributed by atoms with van der Waals surface area (Å²) in [6.45, 7) is 0.917. The smallest absolute Gasteiger partial charge is 0.256 e. The van der Waals surface area contributed by atoms with E-state index in [-0.39, 0.29) is 37.9 Å². The van der Waals surface area contributed by atoms with Crippen molar-refractivity contribution < 1.29 is 22.3 Å². The van der Waals surface area contributed by atoms with Crippen molar-refractivity contribution in [2.75, 3.05) is 31.6 Å². The Morgan fingerprint density at radius 2 is 1.93 bits per heavy atom. The molecule has 28 heavy (non-hydrogen) atoms. The number of benzene rings is 1. The van der Waals surface area contributed by atoms with Crippen LogP contribution in [0, 0.1) is 5.82 Å². The van der Waals surface area contributed by atoms with E-state index < -0.39 is 20.7 Å². The molecule has 0 radical (unpaired) electrons. The van der Waals surface area contributed by atoms with Crippen molar-refractivity contribution >= 4 is 33.0 Å². The molecule has 1 fully saturated rings. The van der Waals surface area contributed by atoms with Crippen molar-refractivity contribution in [3.8, 4) is 0 Å². The number of hydrogen-bond donors (Lipinski definition) is 1. The summed E-state index contributed by atoms with van der Waals surface area (Å²) < 4.78 is 46.3. The zero-order valence-corrected chi connectivity index (χ0v) is 16.9. The molecule has 2 heterocycles. The van der Waals surface area contributed by atoms with Crippen LogP contribution in [0.4, 0.5) is 10.1 Å². The minimum Gasteiger partial charge on any atom is -0.379 e. The van der Waals surface area contributed by atoms with E-state index in [4.69, 9.17) is 4.74 Å². The van der Waals surface area contributed by atoms with Gasteiger partial charge in [-0.05, 0) is 49.4 Å². The molecule has 1 saturated heterocycles. The maximum atomic E-state index is 14.3. The third kappa shape index (κ3) is 3.71. The van der Waals surface area contributed by atoms with Gasteiger partial charge in [-0.25, -0.2) is 12.8 Å². The fourth-order valence-corrected chi connectivity index (χ4v) is 6.21. The maximum absolute atomic E-state index is 14.3. The zero-order chi connectivity index (χ0) is 19.7. The highest BCUT2D eigenvalue weighted by Crippen LogP contribution is 2.31. The van der Waals surface area contributed by atoms with E-state index in [1.165, 1.54) is 21.3 Å². The third-order valence-electron chi connectivity index (χ3n) is 5.08. The second kappa shape index (κ2) is 7.90. The molecule has 150 valence electrons. The number of ether oxygens (including phenoxy) is 1. The van der Waals surface area contributed by atoms with Crippen LogP contribution in [0.25, 0.3) is 0 Å². The van der Waals surface area contributed by atoms with Gasteiger partial charge in [0.1, 0.15) is 10.7 Å². The second-order valence-electron chi connectivity index (χ2n) is 6.87. The van der Waals surface area contributed by atoms with Crippen LogP contribution in [0.5, 0.6) is 0 Å². The number of thiophene rings is 1. The molecule has 0 bridgehead atoms. The van der Waals surface area contributed by atoms with E-state index in [0.717, 1.165) is 37.3 Å². The van der Waals surface area contributed by atoms with E-state index in [1.807, 2.05) is 5.38 Å². The van der Waals surface area contributed by atoms with Crippen LogP contribution in [0.1, 0.15) is 33.6 Å². The summed E-state index contributed by atoms with van der Waals surface area (Å²) in [4.78, 5) is 13.5. The summed E-state index contributed by atoms with van der Waals surface area (Å²) in [6.07, 6.45) is 4.06. The molecule has 0 saturated carbocycles. The molecule has 2 aromatic rings. The fraction of sp³-hybridized carbons (Fsp3) is 0.421. The quantitative estimate of drug-likeness (QED) is 0.819. The van der Waals surface area contributed by atoms with Crippen LogP contribution in [-0.2, 0) is 27.6 Å². The molecule has 0 spiro atoms. The number of morpholine rings is 1. The Hall–Kier alpha value is -1.81. The summed E-state index contributed by atoms with van der Waals surface area (Å²) in [5, 5.41) is 4.58. The zero-order valence-electron chi connectivity index (χ0n) is 15.2. The first kappa shape index (κ1) is 19.5. The van der Waals surface area contributed by atoms with Crippen LogP contribution in [0.15, 0.2) is 28.5 Å². The van der Waals surface area contributed by atoms with Crippen LogP contribution in [-0.4, -0.2) is 44.9 Å². The average Bonchev–Trinajstić information content (AvgIpc) is 3.14. The Morgan fingerprint density at radius 1 is 1.18 bits per heavy atom. The van der Waals surface area contributed by atoms with Crippen LogP contribution in [0.3, 0.4) is 0 Å². The fourth-order valence-electron chi connectivity index (χ4n) is 3.59. The largest absolute Gasteiger partial charge is 0.379 e. The number of carbonyl (C=O) groups is 1. The van der Waals surface area contributed by atoms with Gasteiger partial charge in [-0.3, -0.25) is 4.79 Å². The van der Waals surface area contributed by atoms with E-state index in [2.05, 4.69) is 5.32 Å². The molecule has 0 atom stereocenters. The Balaban J connectivity index is 1.59. The number of amides is 1. The number of aryl methyl sites for hydroxylation is 1. The number of hydrogen-bond acceptors (Lipinski definition) is 5. The molecule has 6 nitrogen and oxygen atoms in total. The minimum atomic E-state index is -3.99. The van der Waals surface area contributed by atoms with Crippen LogP contribution < -0.4 is 5.32 Å². The number of nitrogens with zero attached hydrogens (tertiary/aromatic N) is 1. The lowest BCUT2D eigenvalue weighted by Crippen LogP contribution is -2.40. The lowest BCUT2D eigenvalue weighted by atomic mass is 9.95. The lowest BCUT2D eigenvalue weighted by molar-refractivity contribution is 0.0729. The van der Waals surface area contributed by atoms with Gasteiger partial charge >= 0.3 is 0 Å². The molecule has 2 aliphatic rings. The third-order valence-corrected chi connectivity index (χ3v) is 8.09. The van der Waals surface area contributed by atoms with Crippen molar-refractivity contribution in [1.29, 1.82) is 0 Å². The Labute approximate surface area is 167 Å². The Kier molecular flexibility index (Phi) is 5.50. The van der Waals surface area contributed by atoms with E-state index in [9.17, 15) is 17.6 Å². The standard InChI is InChI=1S/C19H21FN2O4S2/c20-16-6-5-13(11-18(16)28(24,25)22-7-9-26-10-8-22)21-19(23)15-12-27-17-4-2-1-3-14(15)17/h5-6,11-12H,1-4,7-10H2,(H,21,23). The minimum absolute atomic E-state index is 0.180. The molecule has 1 aromatic carbocycles. The number of nitrogens with one attached hydrogen (secondary N) is 1. The molecule has 1 N–H and O–H groups in total. The predicted molar refractivity (Wildman–Crippen MR) is 105 cm³/mol. The van der Waals surface area contributed by atoms with Crippen LogP contribution >= 0.6 is 11.3 Å². The van der Waals surface area contributed by atoms with Crippen molar-refractivity contribution in [3.05, 3.63) is 45.4 Å². The van der Waals surface area contributed by atoms with Gasteiger partial charge in [0.2, 0.25) is 10.0 Å². The van der Waals surface area contributed by atoms with Gasteiger partial charge in [0, 0.05) is 29.0 Å². The molecule has 4 rings (SSSR count). The number of carbonyl (C=O) groups excluding carboxylic acids is 1. The topological polar surface area (TPSA) is 75.7 Å². The summed E-state index contributed by atoms with van der Waals surface area (Å²) in [5.74, 6) is -1.13.